The Morgan fingerprint density at radius 2 is 1.94 bits per heavy atom. The van der Waals surface area contributed by atoms with Crippen LogP contribution in [0.25, 0.3) is 0 Å². The third-order valence-corrected chi connectivity index (χ3v) is 2.48. The van der Waals surface area contributed by atoms with E-state index >= 15 is 0 Å². The fourth-order valence-corrected chi connectivity index (χ4v) is 1.40. The van der Waals surface area contributed by atoms with Crippen LogP contribution in [0.2, 0.25) is 0 Å². The molecule has 0 radical (unpaired) electrons. The molecule has 1 aromatic carbocycles. The maximum atomic E-state index is 11.5. The molecule has 0 heterocycles. The SMILES string of the molecule is C[C@H]([NH3+])C(=O)N[C@@H](Cc1ccc(O)cc1)C(N)=O. The van der Waals surface area contributed by atoms with Crippen LogP contribution in [0.5, 0.6) is 5.75 Å². The summed E-state index contributed by atoms with van der Waals surface area (Å²) in [5, 5.41) is 11.7. The van der Waals surface area contributed by atoms with E-state index in [0.29, 0.717) is 0 Å². The lowest BCUT2D eigenvalue weighted by molar-refractivity contribution is -0.398. The fraction of sp³-hybridized carbons (Fsp3) is 0.333. The standard InChI is InChI=1S/C12H17N3O3/c1-7(13)12(18)15-10(11(14)17)6-8-2-4-9(16)5-3-8/h2-5,7,10,16H,6,13H2,1H3,(H2,14,17)(H,15,18)/p+1/t7-,10-/m0/s1. The van der Waals surface area contributed by atoms with E-state index in [1.54, 1.807) is 19.1 Å². The van der Waals surface area contributed by atoms with Crippen LogP contribution in [0.1, 0.15) is 12.5 Å². The summed E-state index contributed by atoms with van der Waals surface area (Å²) >= 11 is 0. The fourth-order valence-electron chi connectivity index (χ4n) is 1.40. The van der Waals surface area contributed by atoms with Crippen molar-refractivity contribution in [1.29, 1.82) is 0 Å². The van der Waals surface area contributed by atoms with Gasteiger partial charge in [-0.15, -0.1) is 0 Å². The van der Waals surface area contributed by atoms with Gasteiger partial charge in [-0.1, -0.05) is 12.1 Å². The molecule has 0 aliphatic carbocycles. The van der Waals surface area contributed by atoms with Crippen LogP contribution in [-0.4, -0.2) is 29.0 Å². The van der Waals surface area contributed by atoms with Crippen molar-refractivity contribution in [3.63, 3.8) is 0 Å². The Balaban J connectivity index is 2.72. The summed E-state index contributed by atoms with van der Waals surface area (Å²) in [5.41, 5.74) is 9.61. The number of hydrogen-bond acceptors (Lipinski definition) is 3. The zero-order valence-corrected chi connectivity index (χ0v) is 10.2. The van der Waals surface area contributed by atoms with Crippen LogP contribution in [0.4, 0.5) is 0 Å². The van der Waals surface area contributed by atoms with Crippen molar-refractivity contribution in [3.8, 4) is 5.75 Å². The van der Waals surface area contributed by atoms with Crippen molar-refractivity contribution in [3.05, 3.63) is 29.8 Å². The Kier molecular flexibility index (Phi) is 4.67. The summed E-state index contributed by atoms with van der Waals surface area (Å²) < 4.78 is 0. The summed E-state index contributed by atoms with van der Waals surface area (Å²) in [6, 6.07) is 5.15. The number of nitrogens with two attached hydrogens (primary N) is 1. The summed E-state index contributed by atoms with van der Waals surface area (Å²) in [6.45, 7) is 1.63. The monoisotopic (exact) mass is 252 g/mol. The van der Waals surface area contributed by atoms with E-state index in [1.165, 1.54) is 12.1 Å². The molecule has 1 aromatic rings. The average molecular weight is 252 g/mol. The van der Waals surface area contributed by atoms with Gasteiger partial charge >= 0.3 is 0 Å². The number of carbonyl (C=O) groups excluding carboxylic acids is 2. The van der Waals surface area contributed by atoms with E-state index in [4.69, 9.17) is 10.8 Å². The van der Waals surface area contributed by atoms with Gasteiger partial charge in [0, 0.05) is 6.42 Å². The predicted molar refractivity (Wildman–Crippen MR) is 65.3 cm³/mol. The molecule has 0 aliphatic rings. The number of nitrogens with one attached hydrogen (secondary N) is 1. The molecular weight excluding hydrogens is 234 g/mol. The third-order valence-electron chi connectivity index (χ3n) is 2.48. The van der Waals surface area contributed by atoms with Gasteiger partial charge in [0.25, 0.3) is 5.91 Å². The van der Waals surface area contributed by atoms with Crippen LogP contribution in [0.15, 0.2) is 24.3 Å². The number of quaternary nitrogens is 1. The molecule has 0 saturated heterocycles. The molecule has 2 atom stereocenters. The highest BCUT2D eigenvalue weighted by Gasteiger charge is 2.21. The third kappa shape index (κ3) is 4.06. The topological polar surface area (TPSA) is 120 Å². The Labute approximate surface area is 105 Å². The molecule has 18 heavy (non-hydrogen) atoms. The lowest BCUT2D eigenvalue weighted by atomic mass is 10.0. The molecule has 0 unspecified atom stereocenters. The van der Waals surface area contributed by atoms with Gasteiger partial charge in [0.2, 0.25) is 5.91 Å². The zero-order valence-electron chi connectivity index (χ0n) is 10.2. The second-order valence-electron chi connectivity index (χ2n) is 4.24. The maximum Gasteiger partial charge on any atom is 0.278 e. The number of phenolic OH excluding ortho intramolecular Hbond substituents is 1. The smallest absolute Gasteiger partial charge is 0.278 e. The average Bonchev–Trinajstić information content (AvgIpc) is 2.30. The first kappa shape index (κ1) is 14.0. The molecule has 7 N–H and O–H groups in total. The van der Waals surface area contributed by atoms with Gasteiger partial charge in [-0.05, 0) is 24.6 Å². The first-order valence-corrected chi connectivity index (χ1v) is 5.61. The number of primary amides is 1. The molecule has 0 fully saturated rings. The molecule has 0 spiro atoms. The minimum atomic E-state index is -0.772. The molecule has 0 bridgehead atoms. The lowest BCUT2D eigenvalue weighted by Crippen LogP contribution is -2.67. The van der Waals surface area contributed by atoms with Crippen LogP contribution < -0.4 is 16.8 Å². The van der Waals surface area contributed by atoms with Crippen molar-refractivity contribution in [1.82, 2.24) is 5.32 Å². The van der Waals surface area contributed by atoms with E-state index in [9.17, 15) is 9.59 Å². The van der Waals surface area contributed by atoms with Gasteiger partial charge in [0.1, 0.15) is 11.8 Å². The van der Waals surface area contributed by atoms with Crippen molar-refractivity contribution >= 4 is 11.8 Å². The van der Waals surface area contributed by atoms with Gasteiger partial charge in [0.05, 0.1) is 0 Å². The van der Waals surface area contributed by atoms with E-state index in [1.807, 2.05) is 0 Å². The Hall–Kier alpha value is -2.08. The highest BCUT2D eigenvalue weighted by atomic mass is 16.3. The highest BCUT2D eigenvalue weighted by Crippen LogP contribution is 2.11. The number of rotatable bonds is 5. The molecule has 0 aliphatic heterocycles. The van der Waals surface area contributed by atoms with Gasteiger partial charge in [0.15, 0.2) is 6.04 Å². The first-order chi connectivity index (χ1) is 8.40. The van der Waals surface area contributed by atoms with Gasteiger partial charge in [-0.3, -0.25) is 9.59 Å². The Bertz CT molecular complexity index is 429. The normalized spacial score (nSPS) is 13.7. The van der Waals surface area contributed by atoms with E-state index in [0.717, 1.165) is 5.56 Å². The molecule has 1 rings (SSSR count). The number of hydrogen-bond donors (Lipinski definition) is 4. The minimum Gasteiger partial charge on any atom is -0.508 e. The molecule has 6 heteroatoms. The summed E-state index contributed by atoms with van der Waals surface area (Å²) in [5.74, 6) is -0.778. The number of amides is 2. The summed E-state index contributed by atoms with van der Waals surface area (Å²) in [7, 11) is 0. The molecule has 0 aromatic heterocycles. The van der Waals surface area contributed by atoms with Crippen molar-refractivity contribution < 1.29 is 20.4 Å². The van der Waals surface area contributed by atoms with Crippen molar-refractivity contribution in [2.75, 3.05) is 0 Å². The molecule has 2 amide bonds. The van der Waals surface area contributed by atoms with Crippen LogP contribution in [-0.2, 0) is 16.0 Å². The van der Waals surface area contributed by atoms with Crippen LogP contribution in [0, 0.1) is 0 Å². The van der Waals surface area contributed by atoms with Crippen molar-refractivity contribution in [2.24, 2.45) is 5.73 Å². The first-order valence-electron chi connectivity index (χ1n) is 5.61. The number of benzene rings is 1. The number of aromatic hydroxyl groups is 1. The largest absolute Gasteiger partial charge is 0.508 e. The summed E-state index contributed by atoms with van der Waals surface area (Å²) in [6.07, 6.45) is 0.286. The Morgan fingerprint density at radius 3 is 2.39 bits per heavy atom. The van der Waals surface area contributed by atoms with Gasteiger partial charge in [-0.2, -0.15) is 0 Å². The summed E-state index contributed by atoms with van der Waals surface area (Å²) in [4.78, 5) is 22.7. The minimum absolute atomic E-state index is 0.143. The predicted octanol–water partition coefficient (Wildman–Crippen LogP) is -1.46. The van der Waals surface area contributed by atoms with Gasteiger partial charge < -0.3 is 21.9 Å². The molecular formula is C12H18N3O3+. The maximum absolute atomic E-state index is 11.5. The second-order valence-corrected chi connectivity index (χ2v) is 4.24. The van der Waals surface area contributed by atoms with Gasteiger partial charge in [-0.25, -0.2) is 0 Å². The Morgan fingerprint density at radius 1 is 1.39 bits per heavy atom. The zero-order chi connectivity index (χ0) is 13.7. The van der Waals surface area contributed by atoms with Crippen LogP contribution in [0.3, 0.4) is 0 Å². The molecule has 0 saturated carbocycles. The quantitative estimate of drug-likeness (QED) is 0.512. The van der Waals surface area contributed by atoms with Crippen LogP contribution >= 0.6 is 0 Å². The van der Waals surface area contributed by atoms with E-state index < -0.39 is 18.0 Å². The second kappa shape index (κ2) is 6.02. The van der Waals surface area contributed by atoms with Crippen molar-refractivity contribution in [2.45, 2.75) is 25.4 Å². The molecule has 6 nitrogen and oxygen atoms in total. The lowest BCUT2D eigenvalue weighted by Gasteiger charge is -2.16. The number of phenols is 1. The van der Waals surface area contributed by atoms with E-state index in [2.05, 4.69) is 11.1 Å². The number of carbonyl (C=O) groups is 2. The highest BCUT2D eigenvalue weighted by molar-refractivity contribution is 5.88. The molecule has 98 valence electrons. The van der Waals surface area contributed by atoms with E-state index in [-0.39, 0.29) is 18.1 Å².